The molecule has 0 aliphatic carbocycles. The number of amides is 1. The van der Waals surface area contributed by atoms with E-state index in [0.29, 0.717) is 13.0 Å². The van der Waals surface area contributed by atoms with Crippen LogP contribution < -0.4 is 10.2 Å². The first kappa shape index (κ1) is 23.3. The predicted octanol–water partition coefficient (Wildman–Crippen LogP) is 5.05. The van der Waals surface area contributed by atoms with Crippen molar-refractivity contribution in [1.29, 1.82) is 0 Å². The second-order valence-electron chi connectivity index (χ2n) is 8.06. The summed E-state index contributed by atoms with van der Waals surface area (Å²) in [6, 6.07) is 25.7. The van der Waals surface area contributed by atoms with E-state index in [1.807, 2.05) is 73.8 Å². The summed E-state index contributed by atoms with van der Waals surface area (Å²) in [6.07, 6.45) is 3.47. The Morgan fingerprint density at radius 3 is 2.56 bits per heavy atom. The number of para-hydroxylation sites is 1. The molecule has 6 nitrogen and oxygen atoms in total. The number of hydrogen-bond donors (Lipinski definition) is 2. The molecular formula is C28H29N3O3. The van der Waals surface area contributed by atoms with Gasteiger partial charge in [-0.25, -0.2) is 5.43 Å². The van der Waals surface area contributed by atoms with Gasteiger partial charge in [-0.05, 0) is 42.7 Å². The van der Waals surface area contributed by atoms with E-state index >= 15 is 0 Å². The highest BCUT2D eigenvalue weighted by Crippen LogP contribution is 2.22. The van der Waals surface area contributed by atoms with Gasteiger partial charge in [0.25, 0.3) is 0 Å². The summed E-state index contributed by atoms with van der Waals surface area (Å²) in [5, 5.41) is 15.6. The van der Waals surface area contributed by atoms with Crippen LogP contribution in [-0.2, 0) is 11.3 Å². The van der Waals surface area contributed by atoms with Crippen LogP contribution >= 0.6 is 0 Å². The zero-order chi connectivity index (χ0) is 23.8. The third-order valence-corrected chi connectivity index (χ3v) is 5.63. The van der Waals surface area contributed by atoms with Crippen LogP contribution in [-0.4, -0.2) is 28.4 Å². The van der Waals surface area contributed by atoms with Gasteiger partial charge >= 0.3 is 0 Å². The van der Waals surface area contributed by atoms with Crippen LogP contribution in [0.4, 0.5) is 0 Å². The van der Waals surface area contributed by atoms with E-state index in [9.17, 15) is 9.90 Å². The smallest absolute Gasteiger partial charge is 0.240 e. The van der Waals surface area contributed by atoms with Gasteiger partial charge in [0.2, 0.25) is 5.91 Å². The molecule has 1 aromatic heterocycles. The summed E-state index contributed by atoms with van der Waals surface area (Å²) in [5.41, 5.74) is 6.59. The molecule has 3 aromatic carbocycles. The minimum Gasteiger partial charge on any atom is -0.494 e. The lowest BCUT2D eigenvalue weighted by Gasteiger charge is -2.11. The van der Waals surface area contributed by atoms with E-state index in [2.05, 4.69) is 33.3 Å². The highest BCUT2D eigenvalue weighted by Gasteiger charge is 2.11. The van der Waals surface area contributed by atoms with E-state index in [0.717, 1.165) is 34.3 Å². The quantitative estimate of drug-likeness (QED) is 0.259. The van der Waals surface area contributed by atoms with Crippen molar-refractivity contribution < 1.29 is 14.6 Å². The van der Waals surface area contributed by atoms with Crippen LogP contribution in [0.3, 0.4) is 0 Å². The minimum atomic E-state index is -0.721. The Labute approximate surface area is 199 Å². The summed E-state index contributed by atoms with van der Waals surface area (Å²) in [5.74, 6) is 0.518. The summed E-state index contributed by atoms with van der Waals surface area (Å²) < 4.78 is 7.60. The molecule has 4 aromatic rings. The number of aliphatic hydroxyl groups excluding tert-OH is 1. The lowest BCUT2D eigenvalue weighted by molar-refractivity contribution is -0.121. The van der Waals surface area contributed by atoms with Crippen molar-refractivity contribution in [3.8, 4) is 5.75 Å². The van der Waals surface area contributed by atoms with Crippen molar-refractivity contribution in [3.05, 3.63) is 102 Å². The minimum absolute atomic E-state index is 0.168. The number of carbonyl (C=O) groups excluding carboxylic acids is 1. The maximum atomic E-state index is 12.3. The predicted molar refractivity (Wildman–Crippen MR) is 135 cm³/mol. The number of hydrazone groups is 1. The summed E-state index contributed by atoms with van der Waals surface area (Å²) in [6.45, 7) is 3.27. The van der Waals surface area contributed by atoms with E-state index < -0.39 is 6.10 Å². The van der Waals surface area contributed by atoms with Gasteiger partial charge in [-0.2, -0.15) is 5.10 Å². The Balaban J connectivity index is 1.34. The van der Waals surface area contributed by atoms with Gasteiger partial charge in [0, 0.05) is 35.6 Å². The number of aromatic nitrogens is 1. The van der Waals surface area contributed by atoms with E-state index in [1.54, 1.807) is 6.21 Å². The van der Waals surface area contributed by atoms with Crippen LogP contribution in [0.2, 0.25) is 0 Å². The molecule has 6 heteroatoms. The molecule has 1 atom stereocenters. The number of fused-ring (bicyclic) bond motifs is 1. The normalized spacial score (nSPS) is 12.2. The number of aliphatic hydroxyl groups is 1. The molecule has 0 aliphatic rings. The largest absolute Gasteiger partial charge is 0.494 e. The lowest BCUT2D eigenvalue weighted by atomic mass is 10.0. The molecule has 174 valence electrons. The second kappa shape index (κ2) is 11.3. The third kappa shape index (κ3) is 5.91. The van der Waals surface area contributed by atoms with Gasteiger partial charge in [0.15, 0.2) is 0 Å². The molecule has 1 heterocycles. The van der Waals surface area contributed by atoms with Crippen LogP contribution in [0.1, 0.15) is 42.6 Å². The van der Waals surface area contributed by atoms with Gasteiger partial charge in [0.05, 0.1) is 18.9 Å². The van der Waals surface area contributed by atoms with Gasteiger partial charge < -0.3 is 14.4 Å². The van der Waals surface area contributed by atoms with E-state index in [-0.39, 0.29) is 12.3 Å². The first-order valence-corrected chi connectivity index (χ1v) is 11.5. The Morgan fingerprint density at radius 1 is 1.06 bits per heavy atom. The number of ether oxygens (including phenoxy) is 1. The van der Waals surface area contributed by atoms with Gasteiger partial charge in [-0.15, -0.1) is 0 Å². The third-order valence-electron chi connectivity index (χ3n) is 5.63. The number of rotatable bonds is 10. The maximum absolute atomic E-state index is 12.3. The average molecular weight is 456 g/mol. The highest BCUT2D eigenvalue weighted by atomic mass is 16.5. The number of benzene rings is 3. The molecule has 0 bridgehead atoms. The molecule has 0 fully saturated rings. The van der Waals surface area contributed by atoms with Crippen molar-refractivity contribution in [3.63, 3.8) is 0 Å². The number of nitrogens with zero attached hydrogens (tertiary/aromatic N) is 2. The van der Waals surface area contributed by atoms with E-state index in [1.165, 1.54) is 5.56 Å². The fraction of sp³-hybridized carbons (Fsp3) is 0.214. The molecule has 0 saturated carbocycles. The number of nitrogens with one attached hydrogen (secondary N) is 1. The zero-order valence-corrected chi connectivity index (χ0v) is 19.2. The van der Waals surface area contributed by atoms with Crippen LogP contribution in [0.5, 0.6) is 5.75 Å². The van der Waals surface area contributed by atoms with Crippen molar-refractivity contribution in [1.82, 2.24) is 9.99 Å². The van der Waals surface area contributed by atoms with Gasteiger partial charge in [-0.1, -0.05) is 60.7 Å². The second-order valence-corrected chi connectivity index (χ2v) is 8.06. The molecule has 4 rings (SSSR count). The van der Waals surface area contributed by atoms with Crippen LogP contribution in [0.25, 0.3) is 10.9 Å². The fourth-order valence-corrected chi connectivity index (χ4v) is 3.91. The number of carbonyl (C=O) groups is 1. The Kier molecular flexibility index (Phi) is 7.73. The monoisotopic (exact) mass is 455 g/mol. The molecule has 0 radical (unpaired) electrons. The zero-order valence-electron chi connectivity index (χ0n) is 19.2. The lowest BCUT2D eigenvalue weighted by Crippen LogP contribution is -2.18. The van der Waals surface area contributed by atoms with E-state index in [4.69, 9.17) is 4.74 Å². The topological polar surface area (TPSA) is 75.8 Å². The SMILES string of the molecule is CCOc1ccc([C@H](O)CCC(=O)N/N=C\c2cn(Cc3ccccc3)c3ccccc23)cc1. The first-order valence-electron chi connectivity index (χ1n) is 11.5. The highest BCUT2D eigenvalue weighted by molar-refractivity contribution is 5.99. The van der Waals surface area contributed by atoms with Crippen molar-refractivity contribution >= 4 is 23.0 Å². The van der Waals surface area contributed by atoms with Crippen molar-refractivity contribution in [2.75, 3.05) is 6.61 Å². The summed E-state index contributed by atoms with van der Waals surface area (Å²) >= 11 is 0. The molecule has 2 N–H and O–H groups in total. The van der Waals surface area contributed by atoms with Crippen LogP contribution in [0, 0.1) is 0 Å². The summed E-state index contributed by atoms with van der Waals surface area (Å²) in [7, 11) is 0. The molecule has 0 spiro atoms. The van der Waals surface area contributed by atoms with Crippen molar-refractivity contribution in [2.24, 2.45) is 5.10 Å². The van der Waals surface area contributed by atoms with Crippen molar-refractivity contribution in [2.45, 2.75) is 32.4 Å². The Bertz CT molecular complexity index is 1250. The fourth-order valence-electron chi connectivity index (χ4n) is 3.91. The molecule has 0 unspecified atom stereocenters. The average Bonchev–Trinajstić information content (AvgIpc) is 3.21. The molecule has 0 aliphatic heterocycles. The maximum Gasteiger partial charge on any atom is 0.240 e. The standard InChI is InChI=1S/C28H29N3O3/c1-2-34-24-14-12-22(13-15-24)27(32)16-17-28(33)30-29-18-23-20-31(19-21-8-4-3-5-9-21)26-11-7-6-10-25(23)26/h3-15,18,20,27,32H,2,16-17,19H2,1H3,(H,30,33)/b29-18-/t27-/m1/s1. The van der Waals surface area contributed by atoms with Gasteiger partial charge in [-0.3, -0.25) is 4.79 Å². The number of hydrogen-bond acceptors (Lipinski definition) is 4. The van der Waals surface area contributed by atoms with Gasteiger partial charge in [0.1, 0.15) is 5.75 Å². The molecule has 1 amide bonds. The Hall–Kier alpha value is -3.90. The molecule has 34 heavy (non-hydrogen) atoms. The summed E-state index contributed by atoms with van der Waals surface area (Å²) in [4.78, 5) is 12.3. The van der Waals surface area contributed by atoms with Crippen LogP contribution in [0.15, 0.2) is 90.2 Å². The first-order chi connectivity index (χ1) is 16.6. The Morgan fingerprint density at radius 2 is 1.79 bits per heavy atom. The molecule has 0 saturated heterocycles. The molecular weight excluding hydrogens is 426 g/mol.